The average molecular weight is 281 g/mol. The third-order valence-electron chi connectivity index (χ3n) is 2.45. The van der Waals surface area contributed by atoms with Crippen molar-refractivity contribution in [2.24, 2.45) is 5.73 Å². The predicted molar refractivity (Wildman–Crippen MR) is 76.7 cm³/mol. The van der Waals surface area contributed by atoms with E-state index in [4.69, 9.17) is 15.2 Å². The van der Waals surface area contributed by atoms with Gasteiger partial charge in [0.1, 0.15) is 5.60 Å². The Morgan fingerprint density at radius 1 is 1.45 bits per heavy atom. The maximum atomic E-state index is 11.7. The van der Waals surface area contributed by atoms with Crippen LogP contribution in [-0.2, 0) is 11.2 Å². The van der Waals surface area contributed by atoms with Crippen molar-refractivity contribution in [3.8, 4) is 5.88 Å². The van der Waals surface area contributed by atoms with Gasteiger partial charge in [0, 0.05) is 30.8 Å². The Morgan fingerprint density at radius 3 is 2.70 bits per heavy atom. The molecule has 0 aliphatic carbocycles. The van der Waals surface area contributed by atoms with Crippen LogP contribution < -0.4 is 15.8 Å². The predicted octanol–water partition coefficient (Wildman–Crippen LogP) is 1.48. The highest BCUT2D eigenvalue weighted by Crippen LogP contribution is 2.10. The van der Waals surface area contributed by atoms with Gasteiger partial charge in [-0.25, -0.2) is 9.78 Å². The highest BCUT2D eigenvalue weighted by Gasteiger charge is 2.19. The molecule has 112 valence electrons. The number of alkyl carbamates (subject to hydrolysis) is 1. The Morgan fingerprint density at radius 2 is 2.15 bits per heavy atom. The number of carbonyl (C=O) groups excluding carboxylic acids is 1. The van der Waals surface area contributed by atoms with E-state index >= 15 is 0 Å². The molecule has 0 radical (unpaired) electrons. The summed E-state index contributed by atoms with van der Waals surface area (Å²) in [5.41, 5.74) is 5.95. The first-order valence-electron chi connectivity index (χ1n) is 6.53. The van der Waals surface area contributed by atoms with Gasteiger partial charge in [-0.1, -0.05) is 6.07 Å². The fourth-order valence-corrected chi connectivity index (χ4v) is 1.60. The van der Waals surface area contributed by atoms with E-state index in [2.05, 4.69) is 10.3 Å². The SMILES string of the molecule is COc1cccc(CC(CN)NC(=O)OC(C)(C)C)n1. The van der Waals surface area contributed by atoms with Crippen LogP contribution in [-0.4, -0.2) is 36.4 Å². The molecule has 1 atom stereocenters. The molecule has 0 spiro atoms. The number of rotatable bonds is 5. The lowest BCUT2D eigenvalue weighted by atomic mass is 10.1. The molecule has 1 rings (SSSR count). The molecule has 3 N–H and O–H groups in total. The lowest BCUT2D eigenvalue weighted by Crippen LogP contribution is -2.44. The van der Waals surface area contributed by atoms with Crippen molar-refractivity contribution < 1.29 is 14.3 Å². The summed E-state index contributed by atoms with van der Waals surface area (Å²) in [5, 5.41) is 2.74. The number of hydrogen-bond acceptors (Lipinski definition) is 5. The summed E-state index contributed by atoms with van der Waals surface area (Å²) in [7, 11) is 1.56. The minimum Gasteiger partial charge on any atom is -0.481 e. The van der Waals surface area contributed by atoms with Gasteiger partial charge in [0.15, 0.2) is 0 Å². The van der Waals surface area contributed by atoms with Crippen LogP contribution in [0.1, 0.15) is 26.5 Å². The van der Waals surface area contributed by atoms with Gasteiger partial charge < -0.3 is 20.5 Å². The van der Waals surface area contributed by atoms with Crippen molar-refractivity contribution in [1.29, 1.82) is 0 Å². The van der Waals surface area contributed by atoms with Crippen LogP contribution in [0.5, 0.6) is 5.88 Å². The van der Waals surface area contributed by atoms with Crippen LogP contribution in [0, 0.1) is 0 Å². The number of aromatic nitrogens is 1. The Balaban J connectivity index is 2.60. The molecular weight excluding hydrogens is 258 g/mol. The lowest BCUT2D eigenvalue weighted by Gasteiger charge is -2.22. The molecule has 1 unspecified atom stereocenters. The number of pyridine rings is 1. The van der Waals surface area contributed by atoms with Gasteiger partial charge in [-0.15, -0.1) is 0 Å². The second-order valence-electron chi connectivity index (χ2n) is 5.45. The van der Waals surface area contributed by atoms with E-state index < -0.39 is 11.7 Å². The Bertz CT molecular complexity index is 444. The second kappa shape index (κ2) is 7.09. The summed E-state index contributed by atoms with van der Waals surface area (Å²) in [4.78, 5) is 16.0. The van der Waals surface area contributed by atoms with E-state index in [-0.39, 0.29) is 6.04 Å². The van der Waals surface area contributed by atoms with Gasteiger partial charge in [-0.05, 0) is 26.8 Å². The van der Waals surface area contributed by atoms with Gasteiger partial charge in [-0.3, -0.25) is 0 Å². The smallest absolute Gasteiger partial charge is 0.407 e. The van der Waals surface area contributed by atoms with Crippen molar-refractivity contribution in [2.45, 2.75) is 38.8 Å². The van der Waals surface area contributed by atoms with Crippen molar-refractivity contribution >= 4 is 6.09 Å². The molecular formula is C14H23N3O3. The molecule has 0 fully saturated rings. The second-order valence-corrected chi connectivity index (χ2v) is 5.45. The Hall–Kier alpha value is -1.82. The van der Waals surface area contributed by atoms with Crippen molar-refractivity contribution in [3.05, 3.63) is 23.9 Å². The zero-order valence-corrected chi connectivity index (χ0v) is 12.5. The summed E-state index contributed by atoms with van der Waals surface area (Å²) < 4.78 is 10.3. The average Bonchev–Trinajstić information content (AvgIpc) is 2.36. The number of ether oxygens (including phenoxy) is 2. The third-order valence-corrected chi connectivity index (χ3v) is 2.45. The van der Waals surface area contributed by atoms with Gasteiger partial charge >= 0.3 is 6.09 Å². The van der Waals surface area contributed by atoms with Gasteiger partial charge in [0.25, 0.3) is 0 Å². The number of carbonyl (C=O) groups is 1. The zero-order valence-electron chi connectivity index (χ0n) is 12.5. The number of nitrogens with one attached hydrogen (secondary N) is 1. The standard InChI is InChI=1S/C14H23N3O3/c1-14(2,3)20-13(18)17-11(9-15)8-10-6-5-7-12(16-10)19-4/h5-7,11H,8-9,15H2,1-4H3,(H,17,18). The quantitative estimate of drug-likeness (QED) is 0.853. The molecule has 0 aliphatic rings. The molecule has 1 heterocycles. The van der Waals surface area contributed by atoms with E-state index in [9.17, 15) is 4.79 Å². The van der Waals surface area contributed by atoms with Crippen molar-refractivity contribution in [1.82, 2.24) is 10.3 Å². The fourth-order valence-electron chi connectivity index (χ4n) is 1.60. The van der Waals surface area contributed by atoms with Crippen LogP contribution in [0.15, 0.2) is 18.2 Å². The fraction of sp³-hybridized carbons (Fsp3) is 0.571. The van der Waals surface area contributed by atoms with E-state index in [0.717, 1.165) is 5.69 Å². The van der Waals surface area contributed by atoms with Gasteiger partial charge in [0.05, 0.1) is 7.11 Å². The molecule has 0 aliphatic heterocycles. The Labute approximate surface area is 119 Å². The number of methoxy groups -OCH3 is 1. The first-order valence-corrected chi connectivity index (χ1v) is 6.53. The maximum absolute atomic E-state index is 11.7. The van der Waals surface area contributed by atoms with Crippen LogP contribution in [0.25, 0.3) is 0 Å². The molecule has 0 bridgehead atoms. The number of hydrogen-bond donors (Lipinski definition) is 2. The topological polar surface area (TPSA) is 86.5 Å². The van der Waals surface area contributed by atoms with E-state index in [0.29, 0.717) is 18.8 Å². The molecule has 0 saturated heterocycles. The Kier molecular flexibility index (Phi) is 5.76. The number of nitrogens with two attached hydrogens (primary N) is 1. The summed E-state index contributed by atoms with van der Waals surface area (Å²) in [5.74, 6) is 0.538. The highest BCUT2D eigenvalue weighted by molar-refractivity contribution is 5.68. The molecule has 6 heteroatoms. The summed E-state index contributed by atoms with van der Waals surface area (Å²) in [6, 6.07) is 5.25. The summed E-state index contributed by atoms with van der Waals surface area (Å²) in [6.07, 6.45) is 0.0447. The van der Waals surface area contributed by atoms with Gasteiger partial charge in [-0.2, -0.15) is 0 Å². The van der Waals surface area contributed by atoms with Crippen molar-refractivity contribution in [3.63, 3.8) is 0 Å². The zero-order chi connectivity index (χ0) is 15.2. The van der Waals surface area contributed by atoms with E-state index in [1.165, 1.54) is 0 Å². The van der Waals surface area contributed by atoms with E-state index in [1.807, 2.05) is 32.9 Å². The number of nitrogens with zero attached hydrogens (tertiary/aromatic N) is 1. The minimum absolute atomic E-state index is 0.232. The third kappa shape index (κ3) is 5.88. The minimum atomic E-state index is -0.530. The van der Waals surface area contributed by atoms with Crippen LogP contribution in [0.4, 0.5) is 4.79 Å². The molecule has 1 aromatic rings. The van der Waals surface area contributed by atoms with Crippen molar-refractivity contribution in [2.75, 3.05) is 13.7 Å². The first kappa shape index (κ1) is 16.2. The number of amides is 1. The largest absolute Gasteiger partial charge is 0.481 e. The first-order chi connectivity index (χ1) is 9.34. The summed E-state index contributed by atoms with van der Waals surface area (Å²) >= 11 is 0. The monoisotopic (exact) mass is 281 g/mol. The molecule has 1 amide bonds. The van der Waals surface area contributed by atoms with Crippen LogP contribution in [0.3, 0.4) is 0 Å². The molecule has 20 heavy (non-hydrogen) atoms. The lowest BCUT2D eigenvalue weighted by molar-refractivity contribution is 0.0506. The molecule has 6 nitrogen and oxygen atoms in total. The molecule has 0 saturated carbocycles. The van der Waals surface area contributed by atoms with E-state index in [1.54, 1.807) is 13.2 Å². The highest BCUT2D eigenvalue weighted by atomic mass is 16.6. The summed E-state index contributed by atoms with van der Waals surface area (Å²) in [6.45, 7) is 5.74. The molecule has 1 aromatic heterocycles. The normalized spacial score (nSPS) is 12.7. The van der Waals surface area contributed by atoms with Gasteiger partial charge in [0.2, 0.25) is 5.88 Å². The van der Waals surface area contributed by atoms with Crippen LogP contribution >= 0.6 is 0 Å². The maximum Gasteiger partial charge on any atom is 0.407 e. The van der Waals surface area contributed by atoms with Crippen LogP contribution in [0.2, 0.25) is 0 Å². The molecule has 0 aromatic carbocycles.